The first-order valence-corrected chi connectivity index (χ1v) is 6.92. The van der Waals surface area contributed by atoms with E-state index >= 15 is 0 Å². The molecule has 0 saturated carbocycles. The van der Waals surface area contributed by atoms with Crippen LogP contribution in [-0.2, 0) is 19.1 Å². The zero-order valence-electron chi connectivity index (χ0n) is 12.5. The lowest BCUT2D eigenvalue weighted by atomic mass is 10.3. The number of hydrogen-bond donors (Lipinski definition) is 2. The third-order valence-electron chi connectivity index (χ3n) is 3.01. The summed E-state index contributed by atoms with van der Waals surface area (Å²) in [5, 5.41) is 6.13. The zero-order valence-corrected chi connectivity index (χ0v) is 12.5. The average molecular weight is 298 g/mol. The van der Waals surface area contributed by atoms with E-state index in [0.29, 0.717) is 12.3 Å². The minimum Gasteiger partial charge on any atom is -0.383 e. The van der Waals surface area contributed by atoms with Crippen LogP contribution in [0.5, 0.6) is 0 Å². The lowest BCUT2D eigenvalue weighted by Crippen LogP contribution is -2.39. The molecule has 0 bridgehead atoms. The molecule has 0 radical (unpaired) electrons. The Bertz CT molecular complexity index is 416. The van der Waals surface area contributed by atoms with Crippen LogP contribution in [0.2, 0.25) is 0 Å². The highest BCUT2D eigenvalue weighted by molar-refractivity contribution is 6.35. The quantitative estimate of drug-likeness (QED) is 0.292. The third-order valence-corrected chi connectivity index (χ3v) is 3.01. The van der Waals surface area contributed by atoms with Crippen molar-refractivity contribution in [1.82, 2.24) is 15.6 Å². The molecule has 0 aromatic rings. The van der Waals surface area contributed by atoms with Gasteiger partial charge in [0, 0.05) is 32.5 Å². The number of carbonyl (C=O) groups is 3. The van der Waals surface area contributed by atoms with Gasteiger partial charge in [-0.1, -0.05) is 0 Å². The lowest BCUT2D eigenvalue weighted by molar-refractivity contribution is -0.139. The maximum absolute atomic E-state index is 11.8. The average Bonchev–Trinajstić information content (AvgIpc) is 2.99. The molecule has 118 valence electrons. The highest BCUT2D eigenvalue weighted by atomic mass is 16.5. The van der Waals surface area contributed by atoms with Crippen LogP contribution in [0.25, 0.3) is 0 Å². The van der Waals surface area contributed by atoms with Crippen LogP contribution < -0.4 is 10.7 Å². The van der Waals surface area contributed by atoms with Gasteiger partial charge < -0.3 is 15.0 Å². The van der Waals surface area contributed by atoms with E-state index in [0.717, 1.165) is 25.9 Å². The second kappa shape index (κ2) is 9.06. The molecule has 0 spiro atoms. The van der Waals surface area contributed by atoms with Gasteiger partial charge in [-0.25, -0.2) is 5.43 Å². The molecule has 2 N–H and O–H groups in total. The van der Waals surface area contributed by atoms with Crippen LogP contribution in [0.3, 0.4) is 0 Å². The van der Waals surface area contributed by atoms with E-state index in [9.17, 15) is 14.4 Å². The second-order valence-corrected chi connectivity index (χ2v) is 4.80. The summed E-state index contributed by atoms with van der Waals surface area (Å²) >= 11 is 0. The van der Waals surface area contributed by atoms with Gasteiger partial charge in [-0.15, -0.1) is 0 Å². The second-order valence-electron chi connectivity index (χ2n) is 4.80. The molecule has 0 unspecified atom stereocenters. The van der Waals surface area contributed by atoms with Gasteiger partial charge in [0.05, 0.1) is 13.0 Å². The highest BCUT2D eigenvalue weighted by Gasteiger charge is 2.18. The molecular weight excluding hydrogens is 276 g/mol. The summed E-state index contributed by atoms with van der Waals surface area (Å²) in [6.07, 6.45) is 2.20. The number of ether oxygens (including phenoxy) is 1. The number of carbonyl (C=O) groups excluding carboxylic acids is 3. The van der Waals surface area contributed by atoms with Crippen LogP contribution in [0.1, 0.15) is 26.2 Å². The first kappa shape index (κ1) is 17.1. The van der Waals surface area contributed by atoms with Crippen LogP contribution in [0, 0.1) is 0 Å². The molecular formula is C13H22N4O4. The van der Waals surface area contributed by atoms with Crippen molar-refractivity contribution in [2.24, 2.45) is 5.10 Å². The summed E-state index contributed by atoms with van der Waals surface area (Å²) in [5.74, 6) is -1.65. The van der Waals surface area contributed by atoms with Crippen molar-refractivity contribution in [3.63, 3.8) is 0 Å². The van der Waals surface area contributed by atoms with Crippen LogP contribution >= 0.6 is 0 Å². The minimum atomic E-state index is -0.862. The number of rotatable bonds is 6. The number of likely N-dealkylation sites (tertiary alicyclic amines) is 1. The Morgan fingerprint density at radius 1 is 1.19 bits per heavy atom. The van der Waals surface area contributed by atoms with E-state index in [2.05, 4.69) is 15.8 Å². The molecule has 1 saturated heterocycles. The fraction of sp³-hybridized carbons (Fsp3) is 0.692. The normalized spacial score (nSPS) is 15.0. The topological polar surface area (TPSA) is 100 Å². The number of amides is 3. The monoisotopic (exact) mass is 298 g/mol. The predicted molar refractivity (Wildman–Crippen MR) is 76.6 cm³/mol. The van der Waals surface area contributed by atoms with Crippen molar-refractivity contribution in [2.75, 3.05) is 33.4 Å². The maximum atomic E-state index is 11.8. The predicted octanol–water partition coefficient (Wildman–Crippen LogP) is -0.746. The van der Waals surface area contributed by atoms with E-state index in [1.54, 1.807) is 11.8 Å². The Morgan fingerprint density at radius 2 is 1.86 bits per heavy atom. The van der Waals surface area contributed by atoms with Crippen molar-refractivity contribution < 1.29 is 19.1 Å². The van der Waals surface area contributed by atoms with E-state index in [4.69, 9.17) is 4.74 Å². The van der Waals surface area contributed by atoms with E-state index in [1.165, 1.54) is 7.11 Å². The van der Waals surface area contributed by atoms with E-state index in [-0.39, 0.29) is 18.9 Å². The van der Waals surface area contributed by atoms with E-state index in [1.807, 2.05) is 0 Å². The molecule has 1 aliphatic heterocycles. The van der Waals surface area contributed by atoms with Crippen molar-refractivity contribution in [2.45, 2.75) is 26.2 Å². The standard InChI is InChI=1S/C13H22N4O4/c1-10(9-11(18)17-6-3-4-7-17)15-16-13(20)12(19)14-5-8-21-2/h3-9H2,1-2H3,(H,14,19)(H,16,20)/b15-10+. The van der Waals surface area contributed by atoms with Gasteiger partial charge >= 0.3 is 11.8 Å². The lowest BCUT2D eigenvalue weighted by Gasteiger charge is -2.14. The van der Waals surface area contributed by atoms with Crippen molar-refractivity contribution in [3.8, 4) is 0 Å². The number of hydrogen-bond acceptors (Lipinski definition) is 5. The summed E-state index contributed by atoms with van der Waals surface area (Å²) in [6, 6.07) is 0. The number of methoxy groups -OCH3 is 1. The fourth-order valence-corrected chi connectivity index (χ4v) is 1.88. The smallest absolute Gasteiger partial charge is 0.329 e. The summed E-state index contributed by atoms with van der Waals surface area (Å²) in [5.41, 5.74) is 2.59. The van der Waals surface area contributed by atoms with Crippen molar-refractivity contribution >= 4 is 23.4 Å². The Morgan fingerprint density at radius 3 is 2.48 bits per heavy atom. The van der Waals surface area contributed by atoms with Crippen LogP contribution in [0.15, 0.2) is 5.10 Å². The Kier molecular flexibility index (Phi) is 7.38. The minimum absolute atomic E-state index is 0.00690. The van der Waals surface area contributed by atoms with Gasteiger partial charge in [-0.05, 0) is 19.8 Å². The fourth-order valence-electron chi connectivity index (χ4n) is 1.88. The first-order valence-electron chi connectivity index (χ1n) is 6.92. The molecule has 8 nitrogen and oxygen atoms in total. The van der Waals surface area contributed by atoms with E-state index < -0.39 is 11.8 Å². The highest BCUT2D eigenvalue weighted by Crippen LogP contribution is 2.09. The third kappa shape index (κ3) is 6.35. The molecule has 21 heavy (non-hydrogen) atoms. The number of hydrazone groups is 1. The molecule has 0 aromatic heterocycles. The summed E-state index contributed by atoms with van der Waals surface area (Å²) in [7, 11) is 1.50. The van der Waals surface area contributed by atoms with Gasteiger partial charge in [-0.2, -0.15) is 5.10 Å². The molecule has 3 amide bonds. The Hall–Kier alpha value is -1.96. The van der Waals surface area contributed by atoms with Gasteiger partial charge in [0.1, 0.15) is 0 Å². The Labute approximate surface area is 123 Å². The molecule has 1 fully saturated rings. The number of nitrogens with one attached hydrogen (secondary N) is 2. The van der Waals surface area contributed by atoms with Gasteiger partial charge in [0.2, 0.25) is 5.91 Å². The van der Waals surface area contributed by atoms with Crippen molar-refractivity contribution in [3.05, 3.63) is 0 Å². The maximum Gasteiger partial charge on any atom is 0.329 e. The summed E-state index contributed by atoms with van der Waals surface area (Å²) in [4.78, 5) is 36.4. The number of nitrogens with zero attached hydrogens (tertiary/aromatic N) is 2. The first-order chi connectivity index (χ1) is 10.0. The molecule has 0 aliphatic carbocycles. The van der Waals surface area contributed by atoms with Crippen LogP contribution in [0.4, 0.5) is 0 Å². The van der Waals surface area contributed by atoms with Gasteiger partial charge in [0.25, 0.3) is 0 Å². The van der Waals surface area contributed by atoms with Gasteiger partial charge in [0.15, 0.2) is 0 Å². The molecule has 8 heteroatoms. The summed E-state index contributed by atoms with van der Waals surface area (Å²) < 4.78 is 4.75. The van der Waals surface area contributed by atoms with Gasteiger partial charge in [-0.3, -0.25) is 14.4 Å². The van der Waals surface area contributed by atoms with Crippen LogP contribution in [-0.4, -0.2) is 61.7 Å². The SMILES string of the molecule is COCCNC(=O)C(=O)N/N=C(\C)CC(=O)N1CCCC1. The molecule has 1 aliphatic rings. The Balaban J connectivity index is 2.31. The molecule has 1 rings (SSSR count). The summed E-state index contributed by atoms with van der Waals surface area (Å²) in [6.45, 7) is 3.77. The molecule has 0 aromatic carbocycles. The van der Waals surface area contributed by atoms with Crippen molar-refractivity contribution in [1.29, 1.82) is 0 Å². The largest absolute Gasteiger partial charge is 0.383 e. The molecule has 1 heterocycles. The zero-order chi connectivity index (χ0) is 15.7. The molecule has 0 atom stereocenters.